The fourth-order valence-corrected chi connectivity index (χ4v) is 3.62. The number of benzene rings is 2. The van der Waals surface area contributed by atoms with E-state index in [1.165, 1.54) is 0 Å². The monoisotopic (exact) mass is 440 g/mol. The predicted octanol–water partition coefficient (Wildman–Crippen LogP) is 2.92. The van der Waals surface area contributed by atoms with Gasteiger partial charge in [0, 0.05) is 39.4 Å². The van der Waals surface area contributed by atoms with Gasteiger partial charge in [0.15, 0.2) is 5.96 Å². The molecule has 2 aromatic rings. The van der Waals surface area contributed by atoms with Crippen LogP contribution < -0.4 is 20.1 Å². The third kappa shape index (κ3) is 8.40. The van der Waals surface area contributed by atoms with E-state index in [0.29, 0.717) is 32.3 Å². The molecule has 3 rings (SSSR count). The average molecular weight is 441 g/mol. The van der Waals surface area contributed by atoms with Crippen LogP contribution in [-0.2, 0) is 11.3 Å². The summed E-state index contributed by atoms with van der Waals surface area (Å²) in [5, 5.41) is 6.61. The fraction of sp³-hybridized carbons (Fsp3) is 0.480. The summed E-state index contributed by atoms with van der Waals surface area (Å²) in [6.45, 7) is 5.21. The highest BCUT2D eigenvalue weighted by Crippen LogP contribution is 2.15. The van der Waals surface area contributed by atoms with E-state index in [-0.39, 0.29) is 0 Å². The third-order valence-corrected chi connectivity index (χ3v) is 5.52. The van der Waals surface area contributed by atoms with E-state index in [1.54, 1.807) is 7.05 Å². The lowest BCUT2D eigenvalue weighted by molar-refractivity contribution is 0.0392. The summed E-state index contributed by atoms with van der Waals surface area (Å²) in [6, 6.07) is 18.6. The second kappa shape index (κ2) is 13.6. The van der Waals surface area contributed by atoms with Crippen LogP contribution >= 0.6 is 0 Å². The van der Waals surface area contributed by atoms with Crippen molar-refractivity contribution in [2.24, 2.45) is 4.99 Å². The number of nitrogens with one attached hydrogen (secondary N) is 2. The Morgan fingerprint density at radius 3 is 2.53 bits per heavy atom. The van der Waals surface area contributed by atoms with E-state index in [9.17, 15) is 0 Å². The zero-order valence-electron chi connectivity index (χ0n) is 19.3. The van der Waals surface area contributed by atoms with Crippen LogP contribution in [0, 0.1) is 0 Å². The highest BCUT2D eigenvalue weighted by molar-refractivity contribution is 5.79. The third-order valence-electron chi connectivity index (χ3n) is 5.52. The minimum Gasteiger partial charge on any atom is -0.492 e. The second-order valence-corrected chi connectivity index (χ2v) is 7.83. The largest absolute Gasteiger partial charge is 0.492 e. The summed E-state index contributed by atoms with van der Waals surface area (Å²) in [5.74, 6) is 2.50. The number of aliphatic imine (C=N–C) groups is 1. The summed E-state index contributed by atoms with van der Waals surface area (Å²) in [7, 11) is 3.94. The standard InChI is InChI=1S/C25H36N4O3/c1-26-25(27-13-17-31-23-8-4-3-5-9-23)28-20-21-7-6-10-24(19-21)32-18-14-29(2)22-11-15-30-16-12-22/h3-10,19,22H,11-18,20H2,1-2H3,(H2,26,27,28). The molecule has 2 aromatic carbocycles. The van der Waals surface area contributed by atoms with Crippen LogP contribution in [-0.4, -0.2) is 70.5 Å². The maximum atomic E-state index is 6.00. The highest BCUT2D eigenvalue weighted by atomic mass is 16.5. The molecule has 0 unspecified atom stereocenters. The lowest BCUT2D eigenvalue weighted by Crippen LogP contribution is -2.39. The summed E-state index contributed by atoms with van der Waals surface area (Å²) in [5.41, 5.74) is 1.14. The molecule has 174 valence electrons. The molecule has 0 radical (unpaired) electrons. The van der Waals surface area contributed by atoms with Crippen molar-refractivity contribution in [1.82, 2.24) is 15.5 Å². The Morgan fingerprint density at radius 2 is 1.75 bits per heavy atom. The molecule has 1 heterocycles. The molecule has 7 nitrogen and oxygen atoms in total. The van der Waals surface area contributed by atoms with E-state index in [1.807, 2.05) is 42.5 Å². The molecule has 0 aromatic heterocycles. The first-order valence-electron chi connectivity index (χ1n) is 11.4. The van der Waals surface area contributed by atoms with Gasteiger partial charge in [-0.15, -0.1) is 0 Å². The van der Waals surface area contributed by atoms with E-state index in [4.69, 9.17) is 14.2 Å². The lowest BCUT2D eigenvalue weighted by atomic mass is 10.1. The molecule has 0 aliphatic carbocycles. The van der Waals surface area contributed by atoms with Crippen LogP contribution in [0.5, 0.6) is 11.5 Å². The van der Waals surface area contributed by atoms with E-state index >= 15 is 0 Å². The Kier molecular flexibility index (Phi) is 10.2. The van der Waals surface area contributed by atoms with Crippen LogP contribution in [0.2, 0.25) is 0 Å². The number of likely N-dealkylation sites (N-methyl/N-ethyl adjacent to an activating group) is 1. The normalized spacial score (nSPS) is 14.9. The molecule has 7 heteroatoms. The van der Waals surface area contributed by atoms with E-state index in [2.05, 4.69) is 39.7 Å². The first-order valence-corrected chi connectivity index (χ1v) is 11.4. The van der Waals surface area contributed by atoms with Crippen LogP contribution in [0.4, 0.5) is 0 Å². The maximum Gasteiger partial charge on any atom is 0.191 e. The van der Waals surface area contributed by atoms with Gasteiger partial charge in [0.25, 0.3) is 0 Å². The molecule has 0 bridgehead atoms. The van der Waals surface area contributed by atoms with E-state index < -0.39 is 0 Å². The molecule has 32 heavy (non-hydrogen) atoms. The highest BCUT2D eigenvalue weighted by Gasteiger charge is 2.17. The number of nitrogens with zero attached hydrogens (tertiary/aromatic N) is 2. The van der Waals surface area contributed by atoms with Gasteiger partial charge in [0.05, 0.1) is 6.54 Å². The summed E-state index contributed by atoms with van der Waals surface area (Å²) >= 11 is 0. The molecule has 1 fully saturated rings. The summed E-state index contributed by atoms with van der Waals surface area (Å²) in [6.07, 6.45) is 2.21. The van der Waals surface area contributed by atoms with Crippen molar-refractivity contribution in [3.8, 4) is 11.5 Å². The fourth-order valence-electron chi connectivity index (χ4n) is 3.62. The van der Waals surface area contributed by atoms with Gasteiger partial charge in [0.1, 0.15) is 24.7 Å². The molecule has 2 N–H and O–H groups in total. The van der Waals surface area contributed by atoms with Crippen molar-refractivity contribution in [2.75, 3.05) is 53.6 Å². The number of hydrogen-bond acceptors (Lipinski definition) is 5. The number of guanidine groups is 1. The van der Waals surface area contributed by atoms with E-state index in [0.717, 1.165) is 55.6 Å². The first-order chi connectivity index (χ1) is 15.7. The van der Waals surface area contributed by atoms with Gasteiger partial charge in [-0.3, -0.25) is 9.89 Å². The molecular weight excluding hydrogens is 404 g/mol. The van der Waals surface area contributed by atoms with Crippen molar-refractivity contribution in [2.45, 2.75) is 25.4 Å². The molecule has 1 aliphatic heterocycles. The Labute approximate surface area is 191 Å². The Bertz CT molecular complexity index is 810. The molecular formula is C25H36N4O3. The SMILES string of the molecule is CN=C(NCCOc1ccccc1)NCc1cccc(OCCN(C)C2CCOCC2)c1. The summed E-state index contributed by atoms with van der Waals surface area (Å²) in [4.78, 5) is 6.66. The average Bonchev–Trinajstić information content (AvgIpc) is 2.85. The van der Waals surface area contributed by atoms with Crippen molar-refractivity contribution < 1.29 is 14.2 Å². The van der Waals surface area contributed by atoms with Gasteiger partial charge in [-0.25, -0.2) is 0 Å². The molecule has 0 spiro atoms. The number of ether oxygens (including phenoxy) is 3. The van der Waals surface area contributed by atoms with Crippen LogP contribution in [0.15, 0.2) is 59.6 Å². The molecule has 0 amide bonds. The Morgan fingerprint density at radius 1 is 1.00 bits per heavy atom. The van der Waals surface area contributed by atoms with Gasteiger partial charge < -0.3 is 24.8 Å². The van der Waals surface area contributed by atoms with Gasteiger partial charge >= 0.3 is 0 Å². The van der Waals surface area contributed by atoms with Crippen LogP contribution in [0.3, 0.4) is 0 Å². The Hall–Kier alpha value is -2.77. The molecule has 0 saturated carbocycles. The minimum atomic E-state index is 0.566. The van der Waals surface area contributed by atoms with Crippen LogP contribution in [0.1, 0.15) is 18.4 Å². The van der Waals surface area contributed by atoms with Crippen molar-refractivity contribution in [3.05, 3.63) is 60.2 Å². The Balaban J connectivity index is 1.34. The van der Waals surface area contributed by atoms with Gasteiger partial charge in [-0.05, 0) is 49.7 Å². The van der Waals surface area contributed by atoms with Crippen molar-refractivity contribution >= 4 is 5.96 Å². The van der Waals surface area contributed by atoms with Gasteiger partial charge in [-0.2, -0.15) is 0 Å². The number of para-hydroxylation sites is 1. The van der Waals surface area contributed by atoms with Crippen molar-refractivity contribution in [3.63, 3.8) is 0 Å². The van der Waals surface area contributed by atoms with Gasteiger partial charge in [-0.1, -0.05) is 30.3 Å². The maximum absolute atomic E-state index is 6.00. The topological polar surface area (TPSA) is 67.4 Å². The molecule has 0 atom stereocenters. The van der Waals surface area contributed by atoms with Crippen molar-refractivity contribution in [1.29, 1.82) is 0 Å². The number of rotatable bonds is 11. The molecule has 1 aliphatic rings. The second-order valence-electron chi connectivity index (χ2n) is 7.83. The first kappa shape index (κ1) is 23.9. The quantitative estimate of drug-likeness (QED) is 0.318. The van der Waals surface area contributed by atoms with Gasteiger partial charge in [0.2, 0.25) is 0 Å². The summed E-state index contributed by atoms with van der Waals surface area (Å²) < 4.78 is 17.1. The minimum absolute atomic E-state index is 0.566. The number of hydrogen-bond donors (Lipinski definition) is 2. The zero-order valence-corrected chi connectivity index (χ0v) is 19.3. The van der Waals surface area contributed by atoms with Crippen LogP contribution in [0.25, 0.3) is 0 Å². The zero-order chi connectivity index (χ0) is 22.4. The predicted molar refractivity (Wildman–Crippen MR) is 129 cm³/mol. The molecule has 1 saturated heterocycles. The smallest absolute Gasteiger partial charge is 0.191 e. The lowest BCUT2D eigenvalue weighted by Gasteiger charge is -2.31.